The number of amides is 1. The number of benzene rings is 1. The van der Waals surface area contributed by atoms with Crippen molar-refractivity contribution in [3.63, 3.8) is 0 Å². The molecule has 0 heterocycles. The molecule has 0 bridgehead atoms. The van der Waals surface area contributed by atoms with E-state index in [0.717, 1.165) is 29.8 Å². The molecule has 0 fully saturated rings. The van der Waals surface area contributed by atoms with Gasteiger partial charge in [-0.15, -0.1) is 0 Å². The molecule has 0 radical (unpaired) electrons. The molecule has 0 saturated carbocycles. The molecule has 1 aromatic carbocycles. The Balaban J connectivity index is 2.61. The summed E-state index contributed by atoms with van der Waals surface area (Å²) in [4.78, 5) is 11.9. The number of methoxy groups -OCH3 is 1. The van der Waals surface area contributed by atoms with Crippen LogP contribution in [0.3, 0.4) is 0 Å². The minimum atomic E-state index is -0.0176. The Labute approximate surface area is 109 Å². The van der Waals surface area contributed by atoms with Gasteiger partial charge in [-0.25, -0.2) is 0 Å². The predicted octanol–water partition coefficient (Wildman–Crippen LogP) is 2.32. The summed E-state index contributed by atoms with van der Waals surface area (Å²) in [7, 11) is 1.63. The number of anilines is 1. The number of aryl methyl sites for hydroxylation is 1. The van der Waals surface area contributed by atoms with E-state index in [4.69, 9.17) is 10.5 Å². The van der Waals surface area contributed by atoms with E-state index in [1.165, 1.54) is 0 Å². The Kier molecular flexibility index (Phi) is 5.65. The summed E-state index contributed by atoms with van der Waals surface area (Å²) in [5.74, 6) is 0.841. The normalized spacial score (nSPS) is 12.0. The third-order valence-corrected chi connectivity index (χ3v) is 2.95. The van der Waals surface area contributed by atoms with Gasteiger partial charge in [0.1, 0.15) is 5.75 Å². The number of rotatable bonds is 6. The number of carbonyl (C=O) groups is 1. The van der Waals surface area contributed by atoms with E-state index in [0.29, 0.717) is 6.54 Å². The molecule has 0 aliphatic heterocycles. The smallest absolute Gasteiger partial charge is 0.227 e. The van der Waals surface area contributed by atoms with Crippen molar-refractivity contribution >= 4 is 11.6 Å². The SMILES string of the molecule is COc1ccc(NC(=O)C(C)CCCN)cc1C. The van der Waals surface area contributed by atoms with Crippen LogP contribution < -0.4 is 15.8 Å². The largest absolute Gasteiger partial charge is 0.496 e. The van der Waals surface area contributed by atoms with Crippen molar-refractivity contribution in [2.45, 2.75) is 26.7 Å². The number of carbonyl (C=O) groups excluding carboxylic acids is 1. The summed E-state index contributed by atoms with van der Waals surface area (Å²) in [5, 5.41) is 2.91. The second kappa shape index (κ2) is 7.01. The number of nitrogens with two attached hydrogens (primary N) is 1. The molecule has 100 valence electrons. The molecule has 1 amide bonds. The van der Waals surface area contributed by atoms with Gasteiger partial charge in [0.05, 0.1) is 7.11 Å². The highest BCUT2D eigenvalue weighted by molar-refractivity contribution is 5.92. The fourth-order valence-electron chi connectivity index (χ4n) is 1.78. The van der Waals surface area contributed by atoms with E-state index in [1.54, 1.807) is 7.11 Å². The first-order chi connectivity index (χ1) is 8.58. The maximum atomic E-state index is 11.9. The summed E-state index contributed by atoms with van der Waals surface area (Å²) >= 11 is 0. The molecule has 0 aliphatic carbocycles. The summed E-state index contributed by atoms with van der Waals surface area (Å²) < 4.78 is 5.18. The van der Waals surface area contributed by atoms with Gasteiger partial charge in [0, 0.05) is 11.6 Å². The quantitative estimate of drug-likeness (QED) is 0.814. The molecule has 1 rings (SSSR count). The molecule has 0 aliphatic rings. The highest BCUT2D eigenvalue weighted by atomic mass is 16.5. The molecule has 18 heavy (non-hydrogen) atoms. The molecular formula is C14H22N2O2. The Bertz CT molecular complexity index is 405. The van der Waals surface area contributed by atoms with Crippen LogP contribution in [0.4, 0.5) is 5.69 Å². The van der Waals surface area contributed by atoms with Gasteiger partial charge in [0.25, 0.3) is 0 Å². The maximum Gasteiger partial charge on any atom is 0.227 e. The topological polar surface area (TPSA) is 64.3 Å². The number of ether oxygens (including phenoxy) is 1. The van der Waals surface area contributed by atoms with Crippen molar-refractivity contribution in [1.29, 1.82) is 0 Å². The molecule has 1 aromatic rings. The first-order valence-electron chi connectivity index (χ1n) is 6.24. The van der Waals surface area contributed by atoms with Crippen molar-refractivity contribution in [3.05, 3.63) is 23.8 Å². The highest BCUT2D eigenvalue weighted by Gasteiger charge is 2.12. The lowest BCUT2D eigenvalue weighted by molar-refractivity contribution is -0.119. The lowest BCUT2D eigenvalue weighted by Gasteiger charge is -2.13. The molecule has 0 spiro atoms. The Morgan fingerprint density at radius 1 is 1.50 bits per heavy atom. The summed E-state index contributed by atoms with van der Waals surface area (Å²) in [6.07, 6.45) is 1.69. The Morgan fingerprint density at radius 2 is 2.22 bits per heavy atom. The first-order valence-corrected chi connectivity index (χ1v) is 6.24. The van der Waals surface area contributed by atoms with Gasteiger partial charge in [0.15, 0.2) is 0 Å². The van der Waals surface area contributed by atoms with Crippen molar-refractivity contribution in [3.8, 4) is 5.75 Å². The van der Waals surface area contributed by atoms with Crippen molar-refractivity contribution in [2.24, 2.45) is 11.7 Å². The zero-order valence-electron chi connectivity index (χ0n) is 11.3. The van der Waals surface area contributed by atoms with Crippen LogP contribution in [0.1, 0.15) is 25.3 Å². The van der Waals surface area contributed by atoms with Gasteiger partial charge in [-0.2, -0.15) is 0 Å². The van der Waals surface area contributed by atoms with Crippen LogP contribution in [0.2, 0.25) is 0 Å². The van der Waals surface area contributed by atoms with Gasteiger partial charge < -0.3 is 15.8 Å². The molecule has 4 nitrogen and oxygen atoms in total. The first kappa shape index (κ1) is 14.5. The van der Waals surface area contributed by atoms with Crippen LogP contribution in [0.15, 0.2) is 18.2 Å². The molecule has 0 saturated heterocycles. The number of nitrogens with one attached hydrogen (secondary N) is 1. The van der Waals surface area contributed by atoms with E-state index in [1.807, 2.05) is 32.0 Å². The molecule has 1 atom stereocenters. The van der Waals surface area contributed by atoms with Crippen LogP contribution >= 0.6 is 0 Å². The van der Waals surface area contributed by atoms with Crippen LogP contribution in [-0.4, -0.2) is 19.6 Å². The summed E-state index contributed by atoms with van der Waals surface area (Å²) in [6.45, 7) is 4.49. The molecular weight excluding hydrogens is 228 g/mol. The van der Waals surface area contributed by atoms with Crippen LogP contribution in [0.5, 0.6) is 5.75 Å². The van der Waals surface area contributed by atoms with Crippen LogP contribution in [0, 0.1) is 12.8 Å². The fourth-order valence-corrected chi connectivity index (χ4v) is 1.78. The average Bonchev–Trinajstić information content (AvgIpc) is 2.36. The lowest BCUT2D eigenvalue weighted by atomic mass is 10.0. The average molecular weight is 250 g/mol. The third kappa shape index (κ3) is 4.04. The van der Waals surface area contributed by atoms with Gasteiger partial charge in [-0.05, 0) is 50.1 Å². The summed E-state index contributed by atoms with van der Waals surface area (Å²) in [6, 6.07) is 5.61. The van der Waals surface area contributed by atoms with E-state index >= 15 is 0 Å². The minimum absolute atomic E-state index is 0.0176. The standard InChI is InChI=1S/C14H22N2O2/c1-10(5-4-8-15)14(17)16-12-6-7-13(18-3)11(2)9-12/h6-7,9-10H,4-5,8,15H2,1-3H3,(H,16,17). The Hall–Kier alpha value is -1.55. The van der Waals surface area contributed by atoms with E-state index in [2.05, 4.69) is 5.32 Å². The minimum Gasteiger partial charge on any atom is -0.496 e. The zero-order valence-corrected chi connectivity index (χ0v) is 11.3. The number of hydrogen-bond acceptors (Lipinski definition) is 3. The van der Waals surface area contributed by atoms with Crippen molar-refractivity contribution < 1.29 is 9.53 Å². The number of hydrogen-bond donors (Lipinski definition) is 2. The second-order valence-corrected chi connectivity index (χ2v) is 4.51. The van der Waals surface area contributed by atoms with Gasteiger partial charge in [-0.3, -0.25) is 4.79 Å². The molecule has 3 N–H and O–H groups in total. The third-order valence-electron chi connectivity index (χ3n) is 2.95. The van der Waals surface area contributed by atoms with Crippen LogP contribution in [-0.2, 0) is 4.79 Å². The van der Waals surface area contributed by atoms with Crippen molar-refractivity contribution in [2.75, 3.05) is 19.0 Å². The maximum absolute atomic E-state index is 11.9. The lowest BCUT2D eigenvalue weighted by Crippen LogP contribution is -2.21. The van der Waals surface area contributed by atoms with Crippen molar-refractivity contribution in [1.82, 2.24) is 0 Å². The van der Waals surface area contributed by atoms with E-state index in [9.17, 15) is 4.79 Å². The van der Waals surface area contributed by atoms with E-state index in [-0.39, 0.29) is 11.8 Å². The van der Waals surface area contributed by atoms with Gasteiger partial charge >= 0.3 is 0 Å². The van der Waals surface area contributed by atoms with E-state index < -0.39 is 0 Å². The Morgan fingerprint density at radius 3 is 2.78 bits per heavy atom. The molecule has 4 heteroatoms. The highest BCUT2D eigenvalue weighted by Crippen LogP contribution is 2.22. The predicted molar refractivity (Wildman–Crippen MR) is 73.8 cm³/mol. The zero-order chi connectivity index (χ0) is 13.5. The summed E-state index contributed by atoms with van der Waals surface area (Å²) in [5.41, 5.74) is 7.24. The van der Waals surface area contributed by atoms with Gasteiger partial charge in [0.2, 0.25) is 5.91 Å². The second-order valence-electron chi connectivity index (χ2n) is 4.51. The van der Waals surface area contributed by atoms with Gasteiger partial charge in [-0.1, -0.05) is 6.92 Å². The molecule has 1 unspecified atom stereocenters. The monoisotopic (exact) mass is 250 g/mol. The molecule has 0 aromatic heterocycles. The fraction of sp³-hybridized carbons (Fsp3) is 0.500. The van der Waals surface area contributed by atoms with Crippen LogP contribution in [0.25, 0.3) is 0 Å².